The molecule has 0 fully saturated rings. The molecule has 1 aliphatic rings. The smallest absolute Gasteiger partial charge is 0.268 e. The number of hydrogen-bond donors (Lipinski definition) is 1. The summed E-state index contributed by atoms with van der Waals surface area (Å²) in [6, 6.07) is 12.8. The first-order valence-corrected chi connectivity index (χ1v) is 9.52. The lowest BCUT2D eigenvalue weighted by molar-refractivity contribution is -0.125. The number of carbonyl (C=O) groups excluding carboxylic acids is 2. The van der Waals surface area contributed by atoms with E-state index in [-0.39, 0.29) is 11.8 Å². The van der Waals surface area contributed by atoms with Crippen molar-refractivity contribution in [3.8, 4) is 5.75 Å². The number of ether oxygens (including phenoxy) is 1. The monoisotopic (exact) mass is 386 g/mol. The van der Waals surface area contributed by atoms with Crippen LogP contribution in [-0.4, -0.2) is 17.9 Å². The van der Waals surface area contributed by atoms with Crippen molar-refractivity contribution in [3.63, 3.8) is 0 Å². The average Bonchev–Trinajstić information content (AvgIpc) is 2.66. The Morgan fingerprint density at radius 2 is 1.96 bits per heavy atom. The molecule has 1 atom stereocenters. The van der Waals surface area contributed by atoms with Crippen molar-refractivity contribution >= 4 is 34.8 Å². The fourth-order valence-corrected chi connectivity index (χ4v) is 3.11. The molecule has 1 heterocycles. The molecular formula is C21H23ClN2O3. The Hall–Kier alpha value is -2.53. The fourth-order valence-electron chi connectivity index (χ4n) is 2.98. The van der Waals surface area contributed by atoms with Gasteiger partial charge in [-0.2, -0.15) is 0 Å². The van der Waals surface area contributed by atoms with Gasteiger partial charge in [-0.3, -0.25) is 9.59 Å². The minimum Gasteiger partial charge on any atom is -0.479 e. The van der Waals surface area contributed by atoms with E-state index < -0.39 is 6.10 Å². The third-order valence-electron chi connectivity index (χ3n) is 4.46. The van der Waals surface area contributed by atoms with Gasteiger partial charge in [0.05, 0.1) is 12.2 Å². The molecule has 2 aromatic rings. The van der Waals surface area contributed by atoms with Crippen molar-refractivity contribution in [3.05, 3.63) is 53.1 Å². The van der Waals surface area contributed by atoms with Crippen LogP contribution in [0.2, 0.25) is 5.02 Å². The summed E-state index contributed by atoms with van der Waals surface area (Å²) in [4.78, 5) is 26.4. The highest BCUT2D eigenvalue weighted by Gasteiger charge is 2.31. The lowest BCUT2D eigenvalue weighted by Crippen LogP contribution is -2.44. The molecule has 3 rings (SSSR count). The van der Waals surface area contributed by atoms with Gasteiger partial charge in [-0.25, -0.2) is 0 Å². The maximum Gasteiger partial charge on any atom is 0.268 e. The summed E-state index contributed by atoms with van der Waals surface area (Å²) in [5, 5.41) is 3.55. The number of amides is 2. The van der Waals surface area contributed by atoms with Gasteiger partial charge in [0.15, 0.2) is 6.10 Å². The van der Waals surface area contributed by atoms with E-state index in [1.807, 2.05) is 19.1 Å². The fraction of sp³-hybridized carbons (Fsp3) is 0.333. The Kier molecular flexibility index (Phi) is 6.01. The van der Waals surface area contributed by atoms with Crippen molar-refractivity contribution in [1.29, 1.82) is 0 Å². The number of hydrogen-bond acceptors (Lipinski definition) is 3. The molecule has 6 heteroatoms. The summed E-state index contributed by atoms with van der Waals surface area (Å²) in [5.74, 6) is 0.479. The molecule has 1 aliphatic heterocycles. The molecule has 0 spiro atoms. The molecule has 0 aliphatic carbocycles. The maximum absolute atomic E-state index is 12.7. The summed E-state index contributed by atoms with van der Waals surface area (Å²) in [7, 11) is 0. The van der Waals surface area contributed by atoms with Crippen LogP contribution in [0.5, 0.6) is 5.75 Å². The van der Waals surface area contributed by atoms with Gasteiger partial charge in [0.2, 0.25) is 5.91 Å². The van der Waals surface area contributed by atoms with Gasteiger partial charge in [0, 0.05) is 17.1 Å². The summed E-state index contributed by atoms with van der Waals surface area (Å²) >= 11 is 5.95. The van der Waals surface area contributed by atoms with Gasteiger partial charge in [-0.1, -0.05) is 37.1 Å². The predicted octanol–water partition coefficient (Wildman–Crippen LogP) is 4.78. The van der Waals surface area contributed by atoms with Gasteiger partial charge in [0.25, 0.3) is 5.91 Å². The zero-order valence-corrected chi connectivity index (χ0v) is 16.3. The Morgan fingerprint density at radius 1 is 1.22 bits per heavy atom. The highest BCUT2D eigenvalue weighted by molar-refractivity contribution is 6.30. The van der Waals surface area contributed by atoms with Gasteiger partial charge in [-0.05, 0) is 49.2 Å². The molecule has 0 saturated carbocycles. The minimum absolute atomic E-state index is 0.0301. The highest BCUT2D eigenvalue weighted by atomic mass is 35.5. The first-order valence-electron chi connectivity index (χ1n) is 9.14. The van der Waals surface area contributed by atoms with E-state index in [1.54, 1.807) is 42.2 Å². The molecule has 5 nitrogen and oxygen atoms in total. The van der Waals surface area contributed by atoms with E-state index in [0.29, 0.717) is 35.1 Å². The van der Waals surface area contributed by atoms with E-state index in [1.165, 1.54) is 0 Å². The van der Waals surface area contributed by atoms with E-state index in [4.69, 9.17) is 16.3 Å². The zero-order chi connectivity index (χ0) is 19.4. The SMILES string of the molecule is CCCCC(=O)Nc1ccc2c(c1)N(Cc1ccc(Cl)cc1)C(=O)C(C)O2. The second-order valence-electron chi connectivity index (χ2n) is 6.65. The first-order chi connectivity index (χ1) is 13.0. The Bertz CT molecular complexity index is 836. The lowest BCUT2D eigenvalue weighted by Gasteiger charge is -2.33. The number of fused-ring (bicyclic) bond motifs is 1. The molecule has 0 bridgehead atoms. The number of carbonyl (C=O) groups is 2. The number of unbranched alkanes of at least 4 members (excludes halogenated alkanes) is 1. The standard InChI is InChI=1S/C21H23ClN2O3/c1-3-4-5-20(25)23-17-10-11-19-18(12-17)24(21(26)14(2)27-19)13-15-6-8-16(22)9-7-15/h6-12,14H,3-5,13H2,1-2H3,(H,23,25). The van der Waals surface area contributed by atoms with E-state index in [2.05, 4.69) is 5.32 Å². The van der Waals surface area contributed by atoms with Gasteiger partial charge < -0.3 is 15.0 Å². The van der Waals surface area contributed by atoms with Crippen molar-refractivity contribution in [1.82, 2.24) is 0 Å². The van der Waals surface area contributed by atoms with Crippen LogP contribution in [-0.2, 0) is 16.1 Å². The quantitative estimate of drug-likeness (QED) is 0.777. The van der Waals surface area contributed by atoms with Crippen LogP contribution in [0.15, 0.2) is 42.5 Å². The molecule has 0 radical (unpaired) electrons. The number of rotatable bonds is 6. The number of nitrogens with zero attached hydrogens (tertiary/aromatic N) is 1. The number of benzene rings is 2. The van der Waals surface area contributed by atoms with Crippen molar-refractivity contribution in [2.45, 2.75) is 45.8 Å². The second-order valence-corrected chi connectivity index (χ2v) is 7.08. The van der Waals surface area contributed by atoms with Crippen LogP contribution < -0.4 is 15.0 Å². The second kappa shape index (κ2) is 8.44. The molecule has 2 aromatic carbocycles. The van der Waals surface area contributed by atoms with Crippen LogP contribution in [0, 0.1) is 0 Å². The zero-order valence-electron chi connectivity index (χ0n) is 15.5. The summed E-state index contributed by atoms with van der Waals surface area (Å²) < 4.78 is 5.73. The van der Waals surface area contributed by atoms with E-state index in [9.17, 15) is 9.59 Å². The summed E-state index contributed by atoms with van der Waals surface area (Å²) in [6.07, 6.45) is 1.73. The molecule has 27 heavy (non-hydrogen) atoms. The van der Waals surface area contributed by atoms with Crippen molar-refractivity contribution in [2.24, 2.45) is 0 Å². The summed E-state index contributed by atoms with van der Waals surface area (Å²) in [5.41, 5.74) is 2.27. The highest BCUT2D eigenvalue weighted by Crippen LogP contribution is 2.37. The lowest BCUT2D eigenvalue weighted by atomic mass is 10.1. The molecular weight excluding hydrogens is 364 g/mol. The minimum atomic E-state index is -0.560. The van der Waals surface area contributed by atoms with Crippen molar-refractivity contribution < 1.29 is 14.3 Å². The number of anilines is 2. The van der Waals surface area contributed by atoms with Crippen LogP contribution in [0.25, 0.3) is 0 Å². The maximum atomic E-state index is 12.7. The van der Waals surface area contributed by atoms with Crippen LogP contribution in [0.1, 0.15) is 38.7 Å². The van der Waals surface area contributed by atoms with Crippen molar-refractivity contribution in [2.75, 3.05) is 10.2 Å². The van der Waals surface area contributed by atoms with Gasteiger partial charge in [-0.15, -0.1) is 0 Å². The van der Waals surface area contributed by atoms with E-state index in [0.717, 1.165) is 18.4 Å². The van der Waals surface area contributed by atoms with Gasteiger partial charge >= 0.3 is 0 Å². The Balaban J connectivity index is 1.86. The predicted molar refractivity (Wildman–Crippen MR) is 107 cm³/mol. The molecule has 0 aromatic heterocycles. The first kappa shape index (κ1) is 19.2. The van der Waals surface area contributed by atoms with Crippen LogP contribution in [0.3, 0.4) is 0 Å². The van der Waals surface area contributed by atoms with Crippen LogP contribution >= 0.6 is 11.6 Å². The average molecular weight is 387 g/mol. The molecule has 1 unspecified atom stereocenters. The number of halogens is 1. The Labute approximate surface area is 164 Å². The largest absolute Gasteiger partial charge is 0.479 e. The Morgan fingerprint density at radius 3 is 2.67 bits per heavy atom. The molecule has 0 saturated heterocycles. The normalized spacial score (nSPS) is 15.9. The topological polar surface area (TPSA) is 58.6 Å². The molecule has 2 amide bonds. The number of nitrogens with one attached hydrogen (secondary N) is 1. The van der Waals surface area contributed by atoms with E-state index >= 15 is 0 Å². The molecule has 142 valence electrons. The van der Waals surface area contributed by atoms with Gasteiger partial charge in [0.1, 0.15) is 5.75 Å². The van der Waals surface area contributed by atoms with Crippen LogP contribution in [0.4, 0.5) is 11.4 Å². The third-order valence-corrected chi connectivity index (χ3v) is 4.71. The molecule has 1 N–H and O–H groups in total. The third kappa shape index (κ3) is 4.61. The summed E-state index contributed by atoms with van der Waals surface area (Å²) in [6.45, 7) is 4.19.